The van der Waals surface area contributed by atoms with Crippen LogP contribution >= 0.6 is 12.4 Å². The highest BCUT2D eigenvalue weighted by molar-refractivity contribution is 5.85. The largest absolute Gasteiger partial charge is 0.496 e. The van der Waals surface area contributed by atoms with Crippen molar-refractivity contribution in [2.45, 2.75) is 19.4 Å². The first-order valence-corrected chi connectivity index (χ1v) is 7.59. The number of hydrogen-bond donors (Lipinski definition) is 1. The molecule has 2 rings (SSSR count). The predicted molar refractivity (Wildman–Crippen MR) is 98.8 cm³/mol. The minimum atomic E-state index is 0. The fraction of sp³-hybridized carbons (Fsp3) is 0.412. The van der Waals surface area contributed by atoms with E-state index in [0.29, 0.717) is 35.4 Å². The first-order valence-electron chi connectivity index (χ1n) is 7.59. The molecule has 8 heteroatoms. The van der Waals surface area contributed by atoms with Crippen LogP contribution < -0.4 is 19.5 Å². The quantitative estimate of drug-likeness (QED) is 0.766. The van der Waals surface area contributed by atoms with E-state index in [1.807, 2.05) is 19.2 Å². The molecule has 1 aromatic heterocycles. The normalized spacial score (nSPS) is 11.9. The van der Waals surface area contributed by atoms with Gasteiger partial charge < -0.3 is 24.1 Å². The molecule has 138 valence electrons. The second-order valence-electron chi connectivity index (χ2n) is 5.23. The monoisotopic (exact) mass is 369 g/mol. The number of rotatable bonds is 8. The number of aromatic nitrogens is 2. The fourth-order valence-corrected chi connectivity index (χ4v) is 2.14. The minimum Gasteiger partial charge on any atom is -0.496 e. The number of nitrogens with one attached hydrogen (secondary N) is 1. The van der Waals surface area contributed by atoms with Gasteiger partial charge in [-0.15, -0.1) is 12.4 Å². The summed E-state index contributed by atoms with van der Waals surface area (Å²) in [5.74, 6) is 2.98. The molecular formula is C17H24ClN3O4. The average Bonchev–Trinajstić information content (AvgIpc) is 3.06. The van der Waals surface area contributed by atoms with Gasteiger partial charge in [0.2, 0.25) is 0 Å². The van der Waals surface area contributed by atoms with E-state index in [2.05, 4.69) is 22.4 Å². The SMILES string of the molecule is CNC(C)Cc1noc(/C=C/c2cc(OC)c(OC)cc2OC)n1.Cl. The number of nitrogens with zero attached hydrogens (tertiary/aromatic N) is 2. The molecule has 1 aromatic carbocycles. The van der Waals surface area contributed by atoms with Crippen molar-refractivity contribution < 1.29 is 18.7 Å². The standard InChI is InChI=1S/C17H23N3O4.ClH/c1-11(18-2)8-16-19-17(24-20-16)7-6-12-9-14(22-4)15(23-5)10-13(12)21-3;/h6-7,9-11,18H,8H2,1-5H3;1H/b7-6+;. The van der Waals surface area contributed by atoms with Gasteiger partial charge in [-0.2, -0.15) is 4.98 Å². The van der Waals surface area contributed by atoms with E-state index in [1.165, 1.54) is 0 Å². The molecule has 7 nitrogen and oxygen atoms in total. The minimum absolute atomic E-state index is 0. The second kappa shape index (κ2) is 9.90. The van der Waals surface area contributed by atoms with Crippen LogP contribution in [0, 0.1) is 0 Å². The molecule has 0 bridgehead atoms. The van der Waals surface area contributed by atoms with Gasteiger partial charge in [-0.25, -0.2) is 0 Å². The number of methoxy groups -OCH3 is 3. The molecule has 0 aliphatic carbocycles. The molecule has 0 fully saturated rings. The third-order valence-corrected chi connectivity index (χ3v) is 3.61. The maximum atomic E-state index is 5.39. The van der Waals surface area contributed by atoms with Crippen LogP contribution in [0.3, 0.4) is 0 Å². The van der Waals surface area contributed by atoms with Gasteiger partial charge in [0.25, 0.3) is 5.89 Å². The van der Waals surface area contributed by atoms with E-state index in [9.17, 15) is 0 Å². The van der Waals surface area contributed by atoms with Crippen LogP contribution in [0.25, 0.3) is 12.2 Å². The Hall–Kier alpha value is -2.25. The van der Waals surface area contributed by atoms with E-state index in [0.717, 1.165) is 5.56 Å². The van der Waals surface area contributed by atoms with E-state index in [-0.39, 0.29) is 18.4 Å². The van der Waals surface area contributed by atoms with Gasteiger partial charge in [-0.3, -0.25) is 0 Å². The lowest BCUT2D eigenvalue weighted by Crippen LogP contribution is -2.24. The van der Waals surface area contributed by atoms with E-state index >= 15 is 0 Å². The number of ether oxygens (including phenoxy) is 3. The van der Waals surface area contributed by atoms with Gasteiger partial charge in [-0.1, -0.05) is 5.16 Å². The van der Waals surface area contributed by atoms with Gasteiger partial charge in [0.1, 0.15) is 5.75 Å². The molecule has 2 aromatic rings. The van der Waals surface area contributed by atoms with Gasteiger partial charge in [0, 0.05) is 30.2 Å². The van der Waals surface area contributed by atoms with Crippen molar-refractivity contribution in [3.63, 3.8) is 0 Å². The van der Waals surface area contributed by atoms with E-state index < -0.39 is 0 Å². The Balaban J connectivity index is 0.00000312. The molecule has 0 aliphatic rings. The molecule has 25 heavy (non-hydrogen) atoms. The molecule has 0 saturated carbocycles. The summed E-state index contributed by atoms with van der Waals surface area (Å²) in [4.78, 5) is 4.34. The lowest BCUT2D eigenvalue weighted by molar-refractivity contribution is 0.348. The van der Waals surface area contributed by atoms with Gasteiger partial charge >= 0.3 is 0 Å². The van der Waals surface area contributed by atoms with Crippen LogP contribution in [-0.4, -0.2) is 44.6 Å². The number of likely N-dealkylation sites (N-methyl/N-ethyl adjacent to an activating group) is 1. The van der Waals surface area contributed by atoms with E-state index in [1.54, 1.807) is 33.5 Å². The lowest BCUT2D eigenvalue weighted by Gasteiger charge is -2.11. The van der Waals surface area contributed by atoms with Crippen LogP contribution in [0.5, 0.6) is 17.2 Å². The third kappa shape index (κ3) is 5.37. The van der Waals surface area contributed by atoms with Gasteiger partial charge in [-0.05, 0) is 26.1 Å². The van der Waals surface area contributed by atoms with Crippen molar-refractivity contribution in [2.75, 3.05) is 28.4 Å². The second-order valence-corrected chi connectivity index (χ2v) is 5.23. The van der Waals surface area contributed by atoms with Gasteiger partial charge in [0.05, 0.1) is 21.3 Å². The fourth-order valence-electron chi connectivity index (χ4n) is 2.14. The smallest absolute Gasteiger partial charge is 0.250 e. The van der Waals surface area contributed by atoms with Crippen molar-refractivity contribution in [3.8, 4) is 17.2 Å². The summed E-state index contributed by atoms with van der Waals surface area (Å²) >= 11 is 0. The molecule has 1 atom stereocenters. The van der Waals surface area contributed by atoms with Crippen molar-refractivity contribution in [1.82, 2.24) is 15.5 Å². The molecule has 1 heterocycles. The molecular weight excluding hydrogens is 346 g/mol. The Labute approximate surface area is 153 Å². The maximum absolute atomic E-state index is 5.39. The highest BCUT2D eigenvalue weighted by Crippen LogP contribution is 2.35. The topological polar surface area (TPSA) is 78.6 Å². The lowest BCUT2D eigenvalue weighted by atomic mass is 10.1. The Kier molecular flexibility index (Phi) is 8.24. The van der Waals surface area contributed by atoms with Crippen LogP contribution in [0.2, 0.25) is 0 Å². The van der Waals surface area contributed by atoms with Crippen molar-refractivity contribution in [1.29, 1.82) is 0 Å². The zero-order valence-electron chi connectivity index (χ0n) is 15.0. The van der Waals surface area contributed by atoms with Crippen molar-refractivity contribution >= 4 is 24.6 Å². The first-order chi connectivity index (χ1) is 11.6. The molecule has 1 N–H and O–H groups in total. The average molecular weight is 370 g/mol. The number of benzene rings is 1. The van der Waals surface area contributed by atoms with Gasteiger partial charge in [0.15, 0.2) is 17.3 Å². The van der Waals surface area contributed by atoms with Crippen LogP contribution in [0.1, 0.15) is 24.2 Å². The number of hydrogen-bond acceptors (Lipinski definition) is 7. The summed E-state index contributed by atoms with van der Waals surface area (Å²) in [6, 6.07) is 3.88. The summed E-state index contributed by atoms with van der Waals surface area (Å²) in [5.41, 5.74) is 0.818. The molecule has 1 unspecified atom stereocenters. The van der Waals surface area contributed by atoms with Crippen molar-refractivity contribution in [2.24, 2.45) is 0 Å². The molecule has 0 amide bonds. The highest BCUT2D eigenvalue weighted by atomic mass is 35.5. The Morgan fingerprint density at radius 3 is 2.32 bits per heavy atom. The molecule has 0 aliphatic heterocycles. The van der Waals surface area contributed by atoms with Crippen LogP contribution in [-0.2, 0) is 6.42 Å². The van der Waals surface area contributed by atoms with Crippen LogP contribution in [0.15, 0.2) is 16.7 Å². The van der Waals surface area contributed by atoms with Crippen molar-refractivity contribution in [3.05, 3.63) is 29.4 Å². The summed E-state index contributed by atoms with van der Waals surface area (Å²) in [7, 11) is 6.67. The maximum Gasteiger partial charge on any atom is 0.250 e. The Morgan fingerprint density at radius 1 is 1.08 bits per heavy atom. The summed E-state index contributed by atoms with van der Waals surface area (Å²) in [6.45, 7) is 2.06. The third-order valence-electron chi connectivity index (χ3n) is 3.61. The van der Waals surface area contributed by atoms with E-state index in [4.69, 9.17) is 18.7 Å². The summed E-state index contributed by atoms with van der Waals surface area (Å²) < 4.78 is 21.2. The zero-order valence-corrected chi connectivity index (χ0v) is 15.8. The molecule has 0 saturated heterocycles. The molecule has 0 radical (unpaired) electrons. The highest BCUT2D eigenvalue weighted by Gasteiger charge is 2.11. The van der Waals surface area contributed by atoms with Crippen LogP contribution in [0.4, 0.5) is 0 Å². The molecule has 0 spiro atoms. The number of halogens is 1. The predicted octanol–water partition coefficient (Wildman–Crippen LogP) is 2.84. The summed E-state index contributed by atoms with van der Waals surface area (Å²) in [6.07, 6.45) is 4.28. The summed E-state index contributed by atoms with van der Waals surface area (Å²) in [5, 5.41) is 7.10. The first kappa shape index (κ1) is 20.8. The Bertz CT molecular complexity index is 703. The Morgan fingerprint density at radius 2 is 1.72 bits per heavy atom. The zero-order chi connectivity index (χ0) is 17.5.